The van der Waals surface area contributed by atoms with Gasteiger partial charge < -0.3 is 11.1 Å². The number of thiophene rings is 1. The highest BCUT2D eigenvalue weighted by Crippen LogP contribution is 2.34. The van der Waals surface area contributed by atoms with Crippen LogP contribution >= 0.6 is 11.3 Å². The maximum Gasteiger partial charge on any atom is 0.261 e. The highest BCUT2D eigenvalue weighted by molar-refractivity contribution is 7.14. The summed E-state index contributed by atoms with van der Waals surface area (Å²) in [6.07, 6.45) is 4.76. The Balaban J connectivity index is 2.00. The summed E-state index contributed by atoms with van der Waals surface area (Å²) in [6, 6.07) is 2.22. The first-order valence-electron chi connectivity index (χ1n) is 7.24. The van der Waals surface area contributed by atoms with Crippen LogP contribution in [0.25, 0.3) is 0 Å². The third kappa shape index (κ3) is 4.09. The Labute approximate surface area is 124 Å². The monoisotopic (exact) mass is 290 g/mol. The third-order valence-corrected chi connectivity index (χ3v) is 4.74. The van der Waals surface area contributed by atoms with Gasteiger partial charge in [-0.3, -0.25) is 4.79 Å². The Morgan fingerprint density at radius 3 is 2.95 bits per heavy atom. The zero-order chi connectivity index (χ0) is 14.5. The lowest BCUT2D eigenvalue weighted by atomic mass is 10.1. The van der Waals surface area contributed by atoms with Crippen molar-refractivity contribution >= 4 is 17.2 Å². The predicted molar refractivity (Wildman–Crippen MR) is 83.9 cm³/mol. The SMILES string of the molecule is CCC(CC1CC1)NC(=O)c1cc(C)c(C#CCN)s1. The smallest absolute Gasteiger partial charge is 0.261 e. The van der Waals surface area contributed by atoms with Crippen molar-refractivity contribution < 1.29 is 4.79 Å². The first kappa shape index (κ1) is 15.1. The number of aryl methyl sites for hydroxylation is 1. The number of nitrogens with two attached hydrogens (primary N) is 1. The molecule has 1 aromatic heterocycles. The summed E-state index contributed by atoms with van der Waals surface area (Å²) < 4.78 is 0. The van der Waals surface area contributed by atoms with Crippen LogP contribution in [0.15, 0.2) is 6.07 Å². The lowest BCUT2D eigenvalue weighted by Gasteiger charge is -2.15. The van der Waals surface area contributed by atoms with Crippen molar-refractivity contribution in [2.24, 2.45) is 11.7 Å². The fourth-order valence-corrected chi connectivity index (χ4v) is 3.14. The lowest BCUT2D eigenvalue weighted by molar-refractivity contribution is 0.0937. The summed E-state index contributed by atoms with van der Waals surface area (Å²) in [4.78, 5) is 14.0. The summed E-state index contributed by atoms with van der Waals surface area (Å²) in [5, 5.41) is 3.15. The number of hydrogen-bond donors (Lipinski definition) is 2. The number of carbonyl (C=O) groups is 1. The minimum absolute atomic E-state index is 0.0337. The molecule has 0 aliphatic heterocycles. The van der Waals surface area contributed by atoms with Gasteiger partial charge in [-0.2, -0.15) is 0 Å². The molecule has 3 N–H and O–H groups in total. The van der Waals surface area contributed by atoms with Crippen molar-refractivity contribution in [2.45, 2.75) is 45.6 Å². The number of nitrogens with one attached hydrogen (secondary N) is 1. The molecule has 1 amide bonds. The molecular formula is C16H22N2OS. The quantitative estimate of drug-likeness (QED) is 0.819. The van der Waals surface area contributed by atoms with Crippen LogP contribution in [0.3, 0.4) is 0 Å². The summed E-state index contributed by atoms with van der Waals surface area (Å²) >= 11 is 1.45. The molecule has 0 saturated heterocycles. The molecule has 1 aromatic rings. The van der Waals surface area contributed by atoms with Gasteiger partial charge in [0.05, 0.1) is 16.3 Å². The maximum absolute atomic E-state index is 12.3. The average molecular weight is 290 g/mol. The van der Waals surface area contributed by atoms with E-state index in [1.54, 1.807) is 0 Å². The molecule has 2 rings (SSSR count). The molecule has 0 radical (unpaired) electrons. The molecular weight excluding hydrogens is 268 g/mol. The van der Waals surface area contributed by atoms with E-state index in [4.69, 9.17) is 5.73 Å². The topological polar surface area (TPSA) is 55.1 Å². The molecule has 1 unspecified atom stereocenters. The van der Waals surface area contributed by atoms with Gasteiger partial charge in [-0.15, -0.1) is 11.3 Å². The van der Waals surface area contributed by atoms with E-state index in [2.05, 4.69) is 24.1 Å². The highest BCUT2D eigenvalue weighted by Gasteiger charge is 2.26. The zero-order valence-corrected chi connectivity index (χ0v) is 13.0. The van der Waals surface area contributed by atoms with Gasteiger partial charge in [0.25, 0.3) is 5.91 Å². The van der Waals surface area contributed by atoms with Gasteiger partial charge in [0, 0.05) is 6.04 Å². The molecule has 0 spiro atoms. The van der Waals surface area contributed by atoms with Crippen LogP contribution in [0.4, 0.5) is 0 Å². The summed E-state index contributed by atoms with van der Waals surface area (Å²) in [5.74, 6) is 6.72. The number of hydrogen-bond acceptors (Lipinski definition) is 3. The second kappa shape index (κ2) is 6.92. The van der Waals surface area contributed by atoms with Gasteiger partial charge in [-0.1, -0.05) is 31.6 Å². The summed E-state index contributed by atoms with van der Waals surface area (Å²) in [5.41, 5.74) is 6.43. The molecule has 20 heavy (non-hydrogen) atoms. The predicted octanol–water partition coefficient (Wildman–Crippen LogP) is 2.68. The van der Waals surface area contributed by atoms with E-state index in [0.29, 0.717) is 12.6 Å². The Morgan fingerprint density at radius 2 is 2.35 bits per heavy atom. The van der Waals surface area contributed by atoms with E-state index in [1.165, 1.54) is 24.2 Å². The van der Waals surface area contributed by atoms with Gasteiger partial charge in [0.2, 0.25) is 0 Å². The second-order valence-electron chi connectivity index (χ2n) is 5.39. The maximum atomic E-state index is 12.3. The van der Waals surface area contributed by atoms with Crippen molar-refractivity contribution in [3.8, 4) is 11.8 Å². The molecule has 1 aliphatic carbocycles. The van der Waals surface area contributed by atoms with Crippen molar-refractivity contribution in [2.75, 3.05) is 6.54 Å². The van der Waals surface area contributed by atoms with Crippen LogP contribution in [-0.2, 0) is 0 Å². The molecule has 1 heterocycles. The summed E-state index contributed by atoms with van der Waals surface area (Å²) in [7, 11) is 0. The molecule has 1 aliphatic rings. The van der Waals surface area contributed by atoms with E-state index in [9.17, 15) is 4.79 Å². The van der Waals surface area contributed by atoms with E-state index in [-0.39, 0.29) is 5.91 Å². The van der Waals surface area contributed by atoms with Gasteiger partial charge >= 0.3 is 0 Å². The molecule has 1 fully saturated rings. The van der Waals surface area contributed by atoms with E-state index in [0.717, 1.165) is 34.1 Å². The second-order valence-corrected chi connectivity index (χ2v) is 6.44. The van der Waals surface area contributed by atoms with Crippen molar-refractivity contribution in [3.63, 3.8) is 0 Å². The number of amides is 1. The molecule has 1 atom stereocenters. The lowest BCUT2D eigenvalue weighted by Crippen LogP contribution is -2.34. The number of rotatable bonds is 5. The van der Waals surface area contributed by atoms with Crippen molar-refractivity contribution in [3.05, 3.63) is 21.4 Å². The third-order valence-electron chi connectivity index (χ3n) is 3.59. The number of carbonyl (C=O) groups excluding carboxylic acids is 1. The van der Waals surface area contributed by atoms with Crippen molar-refractivity contribution in [1.29, 1.82) is 0 Å². The van der Waals surface area contributed by atoms with Crippen LogP contribution in [0.1, 0.15) is 52.7 Å². The van der Waals surface area contributed by atoms with Crippen molar-refractivity contribution in [1.82, 2.24) is 5.32 Å². The van der Waals surface area contributed by atoms with Crippen LogP contribution in [0.2, 0.25) is 0 Å². The molecule has 0 aromatic carbocycles. The largest absolute Gasteiger partial charge is 0.349 e. The van der Waals surface area contributed by atoms with E-state index >= 15 is 0 Å². The van der Waals surface area contributed by atoms with Crippen LogP contribution in [0, 0.1) is 24.7 Å². The van der Waals surface area contributed by atoms with Crippen LogP contribution < -0.4 is 11.1 Å². The average Bonchev–Trinajstić information content (AvgIpc) is 3.17. The standard InChI is InChI=1S/C16H22N2OS/c1-3-13(10-12-6-7-12)18-16(19)15-9-11(2)14(20-15)5-4-8-17/h9,12-13H,3,6-8,10,17H2,1-2H3,(H,18,19). The van der Waals surface area contributed by atoms with E-state index < -0.39 is 0 Å². The van der Waals surface area contributed by atoms with Gasteiger partial charge in [-0.25, -0.2) is 0 Å². The highest BCUT2D eigenvalue weighted by atomic mass is 32.1. The Hall–Kier alpha value is -1.31. The van der Waals surface area contributed by atoms with Gasteiger partial charge in [0.1, 0.15) is 0 Å². The normalized spacial score (nSPS) is 15.3. The molecule has 4 heteroatoms. The summed E-state index contributed by atoms with van der Waals surface area (Å²) in [6.45, 7) is 4.46. The van der Waals surface area contributed by atoms with Gasteiger partial charge in [0.15, 0.2) is 0 Å². The molecule has 1 saturated carbocycles. The first-order valence-corrected chi connectivity index (χ1v) is 8.06. The van der Waals surface area contributed by atoms with Gasteiger partial charge in [-0.05, 0) is 37.3 Å². The Morgan fingerprint density at radius 1 is 1.60 bits per heavy atom. The van der Waals surface area contributed by atoms with Crippen LogP contribution in [-0.4, -0.2) is 18.5 Å². The molecule has 0 bridgehead atoms. The van der Waals surface area contributed by atoms with Crippen LogP contribution in [0.5, 0.6) is 0 Å². The fraction of sp³-hybridized carbons (Fsp3) is 0.562. The Bertz CT molecular complexity index is 534. The molecule has 3 nitrogen and oxygen atoms in total. The zero-order valence-electron chi connectivity index (χ0n) is 12.2. The fourth-order valence-electron chi connectivity index (χ4n) is 2.19. The minimum Gasteiger partial charge on any atom is -0.349 e. The molecule has 108 valence electrons. The minimum atomic E-state index is 0.0337. The Kier molecular flexibility index (Phi) is 5.22. The van der Waals surface area contributed by atoms with E-state index in [1.807, 2.05) is 13.0 Å². The first-order chi connectivity index (χ1) is 9.63.